The lowest BCUT2D eigenvalue weighted by Crippen LogP contribution is -2.34. The number of pyridine rings is 1. The standard InChI is InChI=1S/C26H23ClN4O4/c1-35-26(34)23-20(13-14-22(33)29-16-9-11-17(32)12-10-16)30-25(21-8-4-5-15-28-21)31-24(23)18-6-2-3-7-19(18)27/h2-12,15,24,32H,13-14H2,1H3,(H,29,33)(H,30,31). The van der Waals surface area contributed by atoms with E-state index in [1.807, 2.05) is 12.1 Å². The highest BCUT2D eigenvalue weighted by molar-refractivity contribution is 6.31. The van der Waals surface area contributed by atoms with Crippen LogP contribution in [0.2, 0.25) is 5.02 Å². The number of hydrogen-bond donors (Lipinski definition) is 3. The fourth-order valence-corrected chi connectivity index (χ4v) is 3.94. The first-order chi connectivity index (χ1) is 17.0. The molecule has 0 aliphatic carbocycles. The summed E-state index contributed by atoms with van der Waals surface area (Å²) in [6, 6.07) is 18.0. The summed E-state index contributed by atoms with van der Waals surface area (Å²) in [5.74, 6) is -0.267. The van der Waals surface area contributed by atoms with Crippen molar-refractivity contribution < 1.29 is 19.4 Å². The number of ether oxygens (including phenoxy) is 1. The minimum atomic E-state index is -0.746. The van der Waals surface area contributed by atoms with Gasteiger partial charge in [-0.25, -0.2) is 4.79 Å². The van der Waals surface area contributed by atoms with Crippen molar-refractivity contribution in [1.29, 1.82) is 0 Å². The number of rotatable bonds is 7. The lowest BCUT2D eigenvalue weighted by molar-refractivity contribution is -0.136. The van der Waals surface area contributed by atoms with Crippen LogP contribution in [0.5, 0.6) is 5.75 Å². The lowest BCUT2D eigenvalue weighted by atomic mass is 9.93. The van der Waals surface area contributed by atoms with Gasteiger partial charge in [0, 0.05) is 34.6 Å². The maximum absolute atomic E-state index is 12.9. The van der Waals surface area contributed by atoms with Crippen molar-refractivity contribution in [2.45, 2.75) is 18.9 Å². The van der Waals surface area contributed by atoms with Gasteiger partial charge in [0.15, 0.2) is 5.84 Å². The number of halogens is 1. The van der Waals surface area contributed by atoms with Gasteiger partial charge < -0.3 is 20.5 Å². The average Bonchev–Trinajstić information content (AvgIpc) is 2.88. The molecule has 35 heavy (non-hydrogen) atoms. The number of nitrogens with one attached hydrogen (secondary N) is 2. The number of benzene rings is 2. The first kappa shape index (κ1) is 24.0. The van der Waals surface area contributed by atoms with E-state index in [0.717, 1.165) is 0 Å². The summed E-state index contributed by atoms with van der Waals surface area (Å²) in [5.41, 5.74) is 2.54. The highest BCUT2D eigenvalue weighted by Crippen LogP contribution is 2.36. The zero-order valence-corrected chi connectivity index (χ0v) is 19.6. The summed E-state index contributed by atoms with van der Waals surface area (Å²) in [6.45, 7) is 0. The van der Waals surface area contributed by atoms with Crippen molar-refractivity contribution >= 4 is 35.0 Å². The largest absolute Gasteiger partial charge is 0.508 e. The fraction of sp³-hybridized carbons (Fsp3) is 0.154. The molecule has 178 valence electrons. The van der Waals surface area contributed by atoms with Crippen LogP contribution < -0.4 is 10.6 Å². The van der Waals surface area contributed by atoms with Gasteiger partial charge in [0.2, 0.25) is 5.91 Å². The van der Waals surface area contributed by atoms with Gasteiger partial charge in [-0.15, -0.1) is 0 Å². The van der Waals surface area contributed by atoms with Crippen LogP contribution in [0.3, 0.4) is 0 Å². The first-order valence-corrected chi connectivity index (χ1v) is 11.2. The number of hydrogen-bond acceptors (Lipinski definition) is 7. The Kier molecular flexibility index (Phi) is 7.42. The summed E-state index contributed by atoms with van der Waals surface area (Å²) in [7, 11) is 1.30. The number of phenols is 1. The number of phenolic OH excluding ortho intramolecular Hbond substituents is 1. The Labute approximate surface area is 207 Å². The minimum absolute atomic E-state index is 0.0778. The zero-order valence-electron chi connectivity index (χ0n) is 18.9. The maximum Gasteiger partial charge on any atom is 0.338 e. The van der Waals surface area contributed by atoms with E-state index >= 15 is 0 Å². The van der Waals surface area contributed by atoms with Gasteiger partial charge in [0.05, 0.1) is 12.7 Å². The molecule has 3 N–H and O–H groups in total. The number of nitrogens with zero attached hydrogens (tertiary/aromatic N) is 2. The number of aromatic nitrogens is 1. The molecule has 2 aromatic carbocycles. The summed E-state index contributed by atoms with van der Waals surface area (Å²) < 4.78 is 5.08. The van der Waals surface area contributed by atoms with Crippen LogP contribution in [0, 0.1) is 0 Å². The Morgan fingerprint density at radius 1 is 1.09 bits per heavy atom. The van der Waals surface area contributed by atoms with Crippen LogP contribution in [-0.4, -0.2) is 34.9 Å². The molecule has 0 spiro atoms. The molecule has 0 bridgehead atoms. The second-order valence-corrected chi connectivity index (χ2v) is 8.13. The van der Waals surface area contributed by atoms with Crippen LogP contribution in [0.4, 0.5) is 5.69 Å². The van der Waals surface area contributed by atoms with E-state index in [9.17, 15) is 14.7 Å². The number of amides is 1. The van der Waals surface area contributed by atoms with Crippen LogP contribution in [0.15, 0.2) is 89.2 Å². The van der Waals surface area contributed by atoms with E-state index < -0.39 is 12.0 Å². The van der Waals surface area contributed by atoms with Gasteiger partial charge in [-0.05, 0) is 48.9 Å². The number of allylic oxidation sites excluding steroid dienone is 1. The quantitative estimate of drug-likeness (QED) is 0.334. The van der Waals surface area contributed by atoms with Gasteiger partial charge in [-0.1, -0.05) is 35.9 Å². The van der Waals surface area contributed by atoms with Gasteiger partial charge in [0.25, 0.3) is 0 Å². The number of carbonyl (C=O) groups excluding carboxylic acids is 2. The Hall–Kier alpha value is -4.17. The molecule has 1 atom stereocenters. The first-order valence-electron chi connectivity index (χ1n) is 10.9. The number of amidine groups is 1. The SMILES string of the molecule is COC(=O)C1=C(CCC(=O)Nc2ccc(O)cc2)NC(c2ccccn2)=NC1c1ccccc1Cl. The molecular weight excluding hydrogens is 468 g/mol. The monoisotopic (exact) mass is 490 g/mol. The molecule has 1 aliphatic rings. The zero-order chi connectivity index (χ0) is 24.8. The van der Waals surface area contributed by atoms with Gasteiger partial charge in [-0.3, -0.25) is 14.8 Å². The van der Waals surface area contributed by atoms with Crippen molar-refractivity contribution in [3.8, 4) is 5.75 Å². The molecular formula is C26H23ClN4O4. The predicted molar refractivity (Wildman–Crippen MR) is 133 cm³/mol. The molecule has 3 aromatic rings. The molecule has 1 aromatic heterocycles. The topological polar surface area (TPSA) is 113 Å². The summed E-state index contributed by atoms with van der Waals surface area (Å²) >= 11 is 6.48. The Balaban J connectivity index is 1.68. The molecule has 1 amide bonds. The van der Waals surface area contributed by atoms with E-state index in [4.69, 9.17) is 21.3 Å². The molecule has 0 radical (unpaired) electrons. The number of aromatic hydroxyl groups is 1. The fourth-order valence-electron chi connectivity index (χ4n) is 3.70. The van der Waals surface area contributed by atoms with Gasteiger partial charge in [-0.2, -0.15) is 0 Å². The Morgan fingerprint density at radius 3 is 2.51 bits per heavy atom. The van der Waals surface area contributed by atoms with Crippen molar-refractivity contribution in [2.24, 2.45) is 4.99 Å². The molecule has 1 unspecified atom stereocenters. The number of methoxy groups -OCH3 is 1. The summed E-state index contributed by atoms with van der Waals surface area (Å²) in [6.07, 6.45) is 1.93. The Morgan fingerprint density at radius 2 is 1.83 bits per heavy atom. The van der Waals surface area contributed by atoms with Crippen LogP contribution in [-0.2, 0) is 14.3 Å². The van der Waals surface area contributed by atoms with Crippen molar-refractivity contribution in [2.75, 3.05) is 12.4 Å². The summed E-state index contributed by atoms with van der Waals surface area (Å²) in [4.78, 5) is 34.7. The molecule has 4 rings (SSSR count). The van der Waals surface area contributed by atoms with Gasteiger partial charge >= 0.3 is 5.97 Å². The number of anilines is 1. The van der Waals surface area contributed by atoms with E-state index in [-0.39, 0.29) is 30.1 Å². The number of esters is 1. The third kappa shape index (κ3) is 5.67. The highest BCUT2D eigenvalue weighted by atomic mass is 35.5. The second kappa shape index (κ2) is 10.8. The molecule has 9 heteroatoms. The third-order valence-corrected chi connectivity index (χ3v) is 5.74. The normalized spacial score (nSPS) is 15.1. The molecule has 0 saturated carbocycles. The molecule has 1 aliphatic heterocycles. The second-order valence-electron chi connectivity index (χ2n) is 7.72. The molecule has 8 nitrogen and oxygen atoms in total. The van der Waals surface area contributed by atoms with E-state index in [2.05, 4.69) is 15.6 Å². The maximum atomic E-state index is 12.9. The van der Waals surface area contributed by atoms with Gasteiger partial charge in [0.1, 0.15) is 17.5 Å². The Bertz CT molecular complexity index is 1290. The minimum Gasteiger partial charge on any atom is -0.508 e. The van der Waals surface area contributed by atoms with E-state index in [1.165, 1.54) is 19.2 Å². The van der Waals surface area contributed by atoms with Crippen molar-refractivity contribution in [3.05, 3.63) is 100 Å². The summed E-state index contributed by atoms with van der Waals surface area (Å²) in [5, 5.41) is 15.9. The highest BCUT2D eigenvalue weighted by Gasteiger charge is 2.33. The van der Waals surface area contributed by atoms with E-state index in [0.29, 0.717) is 33.5 Å². The lowest BCUT2D eigenvalue weighted by Gasteiger charge is -2.27. The molecule has 0 saturated heterocycles. The van der Waals surface area contributed by atoms with E-state index in [1.54, 1.807) is 48.7 Å². The third-order valence-electron chi connectivity index (χ3n) is 5.39. The van der Waals surface area contributed by atoms with Crippen molar-refractivity contribution in [3.63, 3.8) is 0 Å². The van der Waals surface area contributed by atoms with Crippen LogP contribution >= 0.6 is 11.6 Å². The predicted octanol–water partition coefficient (Wildman–Crippen LogP) is 4.38. The molecule has 2 heterocycles. The van der Waals surface area contributed by atoms with Crippen LogP contribution in [0.25, 0.3) is 0 Å². The number of aliphatic imine (C=N–C) groups is 1. The van der Waals surface area contributed by atoms with Crippen LogP contribution in [0.1, 0.15) is 30.1 Å². The smallest absolute Gasteiger partial charge is 0.338 e. The molecule has 0 fully saturated rings. The average molecular weight is 491 g/mol. The number of carbonyl (C=O) groups is 2. The van der Waals surface area contributed by atoms with Crippen molar-refractivity contribution in [1.82, 2.24) is 10.3 Å².